The molecule has 0 aliphatic carbocycles. The number of nitrogens with zero attached hydrogens (tertiary/aromatic N) is 2. The quantitative estimate of drug-likeness (QED) is 0.242. The smallest absolute Gasteiger partial charge is 0.277 e. The average Bonchev–Trinajstić information content (AvgIpc) is 3.27. The first-order valence-corrected chi connectivity index (χ1v) is 10.6. The fourth-order valence-electron chi connectivity index (χ4n) is 2.39. The van der Waals surface area contributed by atoms with Crippen LogP contribution >= 0.6 is 57.9 Å². The van der Waals surface area contributed by atoms with Gasteiger partial charge in [-0.2, -0.15) is 0 Å². The van der Waals surface area contributed by atoms with Gasteiger partial charge in [-0.15, -0.1) is 21.5 Å². The maximum absolute atomic E-state index is 12.3. The van der Waals surface area contributed by atoms with Crippen LogP contribution in [0.25, 0.3) is 20.9 Å². The molecule has 9 heteroatoms. The molecule has 27 heavy (non-hydrogen) atoms. The summed E-state index contributed by atoms with van der Waals surface area (Å²) in [4.78, 5) is 13.0. The zero-order chi connectivity index (χ0) is 19.0. The second kappa shape index (κ2) is 7.81. The van der Waals surface area contributed by atoms with Gasteiger partial charge in [-0.05, 0) is 24.3 Å². The number of rotatable bonds is 5. The maximum atomic E-state index is 12.3. The highest BCUT2D eigenvalue weighted by molar-refractivity contribution is 7.99. The number of Topliss-reactive ketones (excluding diaryl/α,β-unsaturated/α-hetero) is 1. The second-order valence-electron chi connectivity index (χ2n) is 5.46. The van der Waals surface area contributed by atoms with Crippen molar-refractivity contribution in [2.24, 2.45) is 0 Å². The number of fused-ring (bicyclic) bond motifs is 1. The van der Waals surface area contributed by atoms with Crippen molar-refractivity contribution in [2.45, 2.75) is 5.22 Å². The summed E-state index contributed by atoms with van der Waals surface area (Å²) in [6.07, 6.45) is 0. The van der Waals surface area contributed by atoms with Crippen LogP contribution in [0, 0.1) is 0 Å². The van der Waals surface area contributed by atoms with E-state index >= 15 is 0 Å². The van der Waals surface area contributed by atoms with E-state index in [2.05, 4.69) is 10.2 Å². The van der Waals surface area contributed by atoms with Gasteiger partial charge >= 0.3 is 0 Å². The molecule has 0 saturated heterocycles. The number of thiophene rings is 1. The molecular formula is C18H9Cl3N2O2S2. The van der Waals surface area contributed by atoms with Crippen molar-refractivity contribution < 1.29 is 9.21 Å². The van der Waals surface area contributed by atoms with E-state index in [1.165, 1.54) is 11.3 Å². The first kappa shape index (κ1) is 18.8. The minimum absolute atomic E-state index is 0.113. The van der Waals surface area contributed by atoms with Crippen LogP contribution in [0.3, 0.4) is 0 Å². The van der Waals surface area contributed by atoms with Gasteiger partial charge in [0.15, 0.2) is 5.78 Å². The lowest BCUT2D eigenvalue weighted by Gasteiger charge is -2.01. The molecule has 2 aromatic carbocycles. The lowest BCUT2D eigenvalue weighted by atomic mass is 10.1. The summed E-state index contributed by atoms with van der Waals surface area (Å²) in [6.45, 7) is 0. The van der Waals surface area contributed by atoms with Crippen molar-refractivity contribution in [3.63, 3.8) is 0 Å². The molecule has 0 saturated carbocycles. The Morgan fingerprint density at radius 1 is 1.07 bits per heavy atom. The van der Waals surface area contributed by atoms with Crippen molar-refractivity contribution in [2.75, 3.05) is 5.75 Å². The Hall–Kier alpha value is -1.57. The predicted molar refractivity (Wildman–Crippen MR) is 112 cm³/mol. The van der Waals surface area contributed by atoms with Gasteiger partial charge < -0.3 is 4.42 Å². The van der Waals surface area contributed by atoms with Gasteiger partial charge in [0.2, 0.25) is 0 Å². The maximum Gasteiger partial charge on any atom is 0.277 e. The van der Waals surface area contributed by atoms with E-state index in [0.29, 0.717) is 36.6 Å². The summed E-state index contributed by atoms with van der Waals surface area (Å²) in [5.74, 6) is 0.364. The third kappa shape index (κ3) is 3.86. The zero-order valence-electron chi connectivity index (χ0n) is 13.4. The Balaban J connectivity index is 1.50. The first-order chi connectivity index (χ1) is 13.0. The second-order valence-corrected chi connectivity index (χ2v) is 8.63. The standard InChI is InChI=1S/C18H9Cl3N2O2S2/c19-11-6-5-9(7-12(11)20)13(24)8-26-18-23-22-17(25-18)16-15(21)10-3-1-2-4-14(10)27-16/h1-7H,8H2. The van der Waals surface area contributed by atoms with E-state index < -0.39 is 0 Å². The Morgan fingerprint density at radius 2 is 1.89 bits per heavy atom. The molecule has 0 aliphatic rings. The summed E-state index contributed by atoms with van der Waals surface area (Å²) in [5, 5.41) is 10.6. The van der Waals surface area contributed by atoms with E-state index in [0.717, 1.165) is 21.8 Å². The highest BCUT2D eigenvalue weighted by Crippen LogP contribution is 2.41. The van der Waals surface area contributed by atoms with Crippen molar-refractivity contribution in [3.8, 4) is 10.8 Å². The number of aromatic nitrogens is 2. The largest absolute Gasteiger partial charge is 0.410 e. The van der Waals surface area contributed by atoms with Crippen LogP contribution < -0.4 is 0 Å². The SMILES string of the molecule is O=C(CSc1nnc(-c2sc3ccccc3c2Cl)o1)c1ccc(Cl)c(Cl)c1. The average molecular weight is 456 g/mol. The number of hydrogen-bond acceptors (Lipinski definition) is 6. The molecule has 2 aromatic heterocycles. The van der Waals surface area contributed by atoms with Crippen LogP contribution in [0.15, 0.2) is 52.1 Å². The van der Waals surface area contributed by atoms with E-state index in [-0.39, 0.29) is 11.5 Å². The number of carbonyl (C=O) groups is 1. The molecule has 0 bridgehead atoms. The van der Waals surface area contributed by atoms with E-state index in [9.17, 15) is 4.79 Å². The first-order valence-electron chi connectivity index (χ1n) is 7.65. The molecule has 0 amide bonds. The normalized spacial score (nSPS) is 11.2. The molecule has 4 rings (SSSR count). The third-order valence-electron chi connectivity index (χ3n) is 3.70. The molecule has 0 atom stereocenters. The summed E-state index contributed by atoms with van der Waals surface area (Å²) in [5.41, 5.74) is 0.476. The number of thioether (sulfide) groups is 1. The zero-order valence-corrected chi connectivity index (χ0v) is 17.3. The van der Waals surface area contributed by atoms with Crippen molar-refractivity contribution >= 4 is 73.8 Å². The fourth-order valence-corrected chi connectivity index (χ4v) is 4.78. The number of carbonyl (C=O) groups excluding carboxylic acids is 1. The molecule has 4 nitrogen and oxygen atoms in total. The van der Waals surface area contributed by atoms with Gasteiger partial charge in [0.05, 0.1) is 20.8 Å². The van der Waals surface area contributed by atoms with E-state index in [1.807, 2.05) is 24.3 Å². The molecular weight excluding hydrogens is 447 g/mol. The molecule has 2 heterocycles. The highest BCUT2D eigenvalue weighted by atomic mass is 35.5. The lowest BCUT2D eigenvalue weighted by Crippen LogP contribution is -2.02. The van der Waals surface area contributed by atoms with E-state index in [1.54, 1.807) is 18.2 Å². The van der Waals surface area contributed by atoms with Gasteiger partial charge in [0.25, 0.3) is 11.1 Å². The minimum atomic E-state index is -0.113. The van der Waals surface area contributed by atoms with Crippen molar-refractivity contribution in [1.29, 1.82) is 0 Å². The van der Waals surface area contributed by atoms with Crippen LogP contribution in [-0.2, 0) is 0 Å². The number of ketones is 1. The number of halogens is 3. The van der Waals surface area contributed by atoms with E-state index in [4.69, 9.17) is 39.2 Å². The molecule has 0 aliphatic heterocycles. The fraction of sp³-hybridized carbons (Fsp3) is 0.0556. The molecule has 0 unspecified atom stereocenters. The van der Waals surface area contributed by atoms with Gasteiger partial charge in [0, 0.05) is 15.6 Å². The number of benzene rings is 2. The number of hydrogen-bond donors (Lipinski definition) is 0. The summed E-state index contributed by atoms with van der Waals surface area (Å²) < 4.78 is 6.72. The molecule has 0 spiro atoms. The Labute approximate surface area is 177 Å². The third-order valence-corrected chi connectivity index (χ3v) is 6.92. The predicted octanol–water partition coefficient (Wildman–Crippen LogP) is 6.89. The van der Waals surface area contributed by atoms with Gasteiger partial charge in [0.1, 0.15) is 4.88 Å². The molecule has 0 radical (unpaired) electrons. The van der Waals surface area contributed by atoms with Crippen molar-refractivity contribution in [1.82, 2.24) is 10.2 Å². The molecule has 136 valence electrons. The lowest BCUT2D eigenvalue weighted by molar-refractivity contribution is 0.102. The van der Waals surface area contributed by atoms with Crippen LogP contribution in [0.5, 0.6) is 0 Å². The van der Waals surface area contributed by atoms with Gasteiger partial charge in [-0.25, -0.2) is 0 Å². The Kier molecular flexibility index (Phi) is 5.43. The van der Waals surface area contributed by atoms with Crippen molar-refractivity contribution in [3.05, 3.63) is 63.1 Å². The highest BCUT2D eigenvalue weighted by Gasteiger charge is 2.18. The summed E-state index contributed by atoms with van der Waals surface area (Å²) >= 11 is 20.9. The molecule has 0 fully saturated rings. The minimum Gasteiger partial charge on any atom is -0.410 e. The monoisotopic (exact) mass is 454 g/mol. The summed E-state index contributed by atoms with van der Waals surface area (Å²) in [6, 6.07) is 12.6. The summed E-state index contributed by atoms with van der Waals surface area (Å²) in [7, 11) is 0. The molecule has 4 aromatic rings. The Morgan fingerprint density at radius 3 is 2.67 bits per heavy atom. The van der Waals surface area contributed by atoms with Crippen LogP contribution in [0.1, 0.15) is 10.4 Å². The van der Waals surface area contributed by atoms with Gasteiger partial charge in [-0.1, -0.05) is 64.8 Å². The van der Waals surface area contributed by atoms with Gasteiger partial charge in [-0.3, -0.25) is 4.79 Å². The Bertz CT molecular complexity index is 1160. The van der Waals surface area contributed by atoms with Crippen LogP contribution in [-0.4, -0.2) is 21.7 Å². The van der Waals surface area contributed by atoms with Crippen LogP contribution in [0.4, 0.5) is 0 Å². The topological polar surface area (TPSA) is 56.0 Å². The molecule has 0 N–H and O–H groups in total. The van der Waals surface area contributed by atoms with Crippen LogP contribution in [0.2, 0.25) is 15.1 Å².